The molecular formula is C32H38ClFN4O2. The summed E-state index contributed by atoms with van der Waals surface area (Å²) in [7, 11) is 0. The zero-order valence-electron chi connectivity index (χ0n) is 23.5. The normalized spacial score (nSPS) is 13.4. The van der Waals surface area contributed by atoms with Crippen molar-refractivity contribution in [1.29, 1.82) is 0 Å². The zero-order valence-corrected chi connectivity index (χ0v) is 24.3. The molecule has 4 rings (SSSR count). The first kappa shape index (κ1) is 29.6. The minimum absolute atomic E-state index is 0.166. The van der Waals surface area contributed by atoms with Gasteiger partial charge in [-0.3, -0.25) is 0 Å². The molecule has 2 amide bonds. The number of aromatic nitrogens is 2. The Labute approximate surface area is 240 Å². The first-order valence-electron chi connectivity index (χ1n) is 13.7. The number of hydrogen-bond donors (Lipinski definition) is 3. The van der Waals surface area contributed by atoms with Crippen molar-refractivity contribution in [3.8, 4) is 5.69 Å². The van der Waals surface area contributed by atoms with E-state index < -0.39 is 6.04 Å². The molecule has 3 aromatic carbocycles. The number of carbonyl (C=O) groups is 1. The fourth-order valence-electron chi connectivity index (χ4n) is 5.17. The number of rotatable bonds is 11. The van der Waals surface area contributed by atoms with Crippen molar-refractivity contribution in [2.75, 3.05) is 13.2 Å². The molecule has 0 spiro atoms. The van der Waals surface area contributed by atoms with Gasteiger partial charge in [-0.25, -0.2) is 13.9 Å². The van der Waals surface area contributed by atoms with Crippen molar-refractivity contribution in [2.24, 2.45) is 11.3 Å². The van der Waals surface area contributed by atoms with Crippen LogP contribution < -0.4 is 10.6 Å². The molecule has 2 atom stereocenters. The Balaban J connectivity index is 1.46. The number of benzene rings is 3. The number of carbonyl (C=O) groups excluding carboxylic acids is 1. The fourth-order valence-corrected chi connectivity index (χ4v) is 5.29. The summed E-state index contributed by atoms with van der Waals surface area (Å²) in [6.45, 7) is 9.05. The molecule has 4 aromatic rings. The molecule has 0 aliphatic rings. The van der Waals surface area contributed by atoms with Crippen LogP contribution in [0.25, 0.3) is 16.6 Å². The number of hydrogen-bond acceptors (Lipinski definition) is 3. The van der Waals surface area contributed by atoms with Crippen LogP contribution in [-0.2, 0) is 6.42 Å². The van der Waals surface area contributed by atoms with Crippen LogP contribution in [0, 0.1) is 17.2 Å². The highest BCUT2D eigenvalue weighted by atomic mass is 35.5. The average molecular weight is 565 g/mol. The van der Waals surface area contributed by atoms with E-state index in [1.165, 1.54) is 17.7 Å². The van der Waals surface area contributed by atoms with Gasteiger partial charge >= 0.3 is 6.03 Å². The van der Waals surface area contributed by atoms with E-state index in [1.54, 1.807) is 24.3 Å². The molecule has 8 heteroatoms. The van der Waals surface area contributed by atoms with Gasteiger partial charge in [-0.1, -0.05) is 57.5 Å². The lowest BCUT2D eigenvalue weighted by Crippen LogP contribution is -2.48. The molecule has 2 unspecified atom stereocenters. The highest BCUT2D eigenvalue weighted by molar-refractivity contribution is 6.30. The number of amides is 2. The summed E-state index contributed by atoms with van der Waals surface area (Å²) in [5.74, 6) is 0.347. The predicted octanol–water partition coefficient (Wildman–Crippen LogP) is 6.88. The van der Waals surface area contributed by atoms with E-state index in [1.807, 2.05) is 23.0 Å². The minimum Gasteiger partial charge on any atom is -0.394 e. The lowest BCUT2D eigenvalue weighted by atomic mass is 9.71. The smallest absolute Gasteiger partial charge is 0.315 e. The van der Waals surface area contributed by atoms with Crippen LogP contribution in [0.1, 0.15) is 51.2 Å². The molecule has 0 aliphatic heterocycles. The highest BCUT2D eigenvalue weighted by Crippen LogP contribution is 2.41. The number of aliphatic hydroxyl groups is 1. The van der Waals surface area contributed by atoms with Gasteiger partial charge in [0.25, 0.3) is 0 Å². The molecule has 0 radical (unpaired) electrons. The zero-order chi connectivity index (χ0) is 28.9. The molecule has 212 valence electrons. The van der Waals surface area contributed by atoms with Crippen LogP contribution in [0.2, 0.25) is 5.02 Å². The van der Waals surface area contributed by atoms with E-state index in [4.69, 9.17) is 11.6 Å². The monoisotopic (exact) mass is 564 g/mol. The topological polar surface area (TPSA) is 79.2 Å². The Hall–Kier alpha value is -3.42. The third-order valence-electron chi connectivity index (χ3n) is 7.37. The van der Waals surface area contributed by atoms with Crippen LogP contribution in [0.4, 0.5) is 9.18 Å². The summed E-state index contributed by atoms with van der Waals surface area (Å²) < 4.78 is 15.2. The number of halogens is 2. The van der Waals surface area contributed by atoms with Gasteiger partial charge in [-0.05, 0) is 89.8 Å². The van der Waals surface area contributed by atoms with Gasteiger partial charge in [-0.15, -0.1) is 0 Å². The molecule has 3 N–H and O–H groups in total. The van der Waals surface area contributed by atoms with E-state index in [0.717, 1.165) is 28.6 Å². The van der Waals surface area contributed by atoms with Gasteiger partial charge in [0.15, 0.2) is 0 Å². The maximum atomic E-state index is 13.4. The molecule has 40 heavy (non-hydrogen) atoms. The SMILES string of the molecule is CC(C)CC(c1ccc2c(cnn2-c2ccc(F)cc2)c1)C(C)(C)CNC(=O)NC(CO)Cc1ccc(Cl)cc1. The van der Waals surface area contributed by atoms with Crippen molar-refractivity contribution in [3.05, 3.63) is 94.9 Å². The number of fused-ring (bicyclic) bond motifs is 1. The molecule has 1 aromatic heterocycles. The van der Waals surface area contributed by atoms with E-state index >= 15 is 0 Å². The number of aliphatic hydroxyl groups excluding tert-OH is 1. The lowest BCUT2D eigenvalue weighted by molar-refractivity contribution is 0.203. The van der Waals surface area contributed by atoms with Gasteiger partial charge in [0.05, 0.1) is 30.0 Å². The van der Waals surface area contributed by atoms with Crippen LogP contribution >= 0.6 is 11.6 Å². The lowest BCUT2D eigenvalue weighted by Gasteiger charge is -2.36. The van der Waals surface area contributed by atoms with Crippen molar-refractivity contribution >= 4 is 28.5 Å². The molecule has 0 fully saturated rings. The van der Waals surface area contributed by atoms with Crippen molar-refractivity contribution in [3.63, 3.8) is 0 Å². The second-order valence-corrected chi connectivity index (χ2v) is 12.0. The largest absolute Gasteiger partial charge is 0.394 e. The molecule has 0 saturated carbocycles. The Morgan fingerprint density at radius 2 is 1.77 bits per heavy atom. The Kier molecular flexibility index (Phi) is 9.48. The Bertz CT molecular complexity index is 1420. The molecular weight excluding hydrogens is 527 g/mol. The summed E-state index contributed by atoms with van der Waals surface area (Å²) in [5.41, 5.74) is 3.66. The molecule has 0 aliphatic carbocycles. The number of urea groups is 1. The maximum Gasteiger partial charge on any atom is 0.315 e. The first-order chi connectivity index (χ1) is 19.1. The van der Waals surface area contributed by atoms with Gasteiger partial charge in [0, 0.05) is 17.0 Å². The molecule has 1 heterocycles. The van der Waals surface area contributed by atoms with Crippen LogP contribution in [-0.4, -0.2) is 40.1 Å². The minimum atomic E-state index is -0.407. The second-order valence-electron chi connectivity index (χ2n) is 11.6. The third kappa shape index (κ3) is 7.40. The summed E-state index contributed by atoms with van der Waals surface area (Å²) in [4.78, 5) is 12.8. The van der Waals surface area contributed by atoms with Crippen LogP contribution in [0.5, 0.6) is 0 Å². The van der Waals surface area contributed by atoms with Crippen molar-refractivity contribution < 1.29 is 14.3 Å². The van der Waals surface area contributed by atoms with E-state index in [2.05, 4.69) is 61.6 Å². The molecule has 0 saturated heterocycles. The number of nitrogens with one attached hydrogen (secondary N) is 2. The van der Waals surface area contributed by atoms with Gasteiger partial charge in [0.1, 0.15) is 5.82 Å². The van der Waals surface area contributed by atoms with Gasteiger partial charge < -0.3 is 15.7 Å². The fraction of sp³-hybridized carbons (Fsp3) is 0.375. The summed E-state index contributed by atoms with van der Waals surface area (Å²) >= 11 is 5.97. The Morgan fingerprint density at radius 3 is 2.42 bits per heavy atom. The molecule has 6 nitrogen and oxygen atoms in total. The van der Waals surface area contributed by atoms with Crippen molar-refractivity contribution in [1.82, 2.24) is 20.4 Å². The standard InChI is InChI=1S/C32H38ClFN4O2/c1-21(2)15-29(23-7-14-30-24(17-23)18-36-38(30)28-12-10-26(34)11-13-28)32(3,4)20-35-31(40)37-27(19-39)16-22-5-8-25(33)9-6-22/h5-14,17-18,21,27,29,39H,15-16,19-20H2,1-4H3,(H2,35,37,40). The quantitative estimate of drug-likeness (QED) is 0.186. The van der Waals surface area contributed by atoms with E-state index in [0.29, 0.717) is 23.9 Å². The summed E-state index contributed by atoms with van der Waals surface area (Å²) in [6, 6.07) is 19.3. The van der Waals surface area contributed by atoms with Crippen LogP contribution in [0.15, 0.2) is 72.9 Å². The predicted molar refractivity (Wildman–Crippen MR) is 160 cm³/mol. The third-order valence-corrected chi connectivity index (χ3v) is 7.62. The second kappa shape index (κ2) is 12.8. The van der Waals surface area contributed by atoms with Crippen molar-refractivity contribution in [2.45, 2.75) is 52.5 Å². The maximum absolute atomic E-state index is 13.4. The Morgan fingerprint density at radius 1 is 1.07 bits per heavy atom. The molecule has 0 bridgehead atoms. The van der Waals surface area contributed by atoms with Crippen LogP contribution in [0.3, 0.4) is 0 Å². The average Bonchev–Trinajstić information content (AvgIpc) is 3.35. The van der Waals surface area contributed by atoms with Gasteiger partial charge in [0.2, 0.25) is 0 Å². The van der Waals surface area contributed by atoms with E-state index in [9.17, 15) is 14.3 Å². The summed E-state index contributed by atoms with van der Waals surface area (Å²) in [6.07, 6.45) is 3.29. The van der Waals surface area contributed by atoms with Gasteiger partial charge in [-0.2, -0.15) is 5.10 Å². The van der Waals surface area contributed by atoms with E-state index in [-0.39, 0.29) is 29.8 Å². The summed E-state index contributed by atoms with van der Waals surface area (Å²) in [5, 5.41) is 22.0. The number of nitrogens with zero attached hydrogens (tertiary/aromatic N) is 2. The first-order valence-corrected chi connectivity index (χ1v) is 14.1. The highest BCUT2D eigenvalue weighted by Gasteiger charge is 2.32.